The van der Waals surface area contributed by atoms with Crippen LogP contribution >= 0.6 is 0 Å². The van der Waals surface area contributed by atoms with Crippen molar-refractivity contribution in [1.82, 2.24) is 24.9 Å². The second-order valence-electron chi connectivity index (χ2n) is 7.66. The molecule has 1 amide bonds. The van der Waals surface area contributed by atoms with Crippen LogP contribution in [0.25, 0.3) is 5.82 Å². The van der Waals surface area contributed by atoms with Crippen LogP contribution in [0.15, 0.2) is 48.7 Å². The van der Waals surface area contributed by atoms with Crippen LogP contribution < -0.4 is 9.64 Å². The fourth-order valence-corrected chi connectivity index (χ4v) is 3.50. The number of carbonyl (C=O) groups excluding carboxylic acids is 1. The summed E-state index contributed by atoms with van der Waals surface area (Å²) in [5, 5.41) is 13.0. The van der Waals surface area contributed by atoms with Gasteiger partial charge in [-0.25, -0.2) is 4.68 Å². The maximum atomic E-state index is 12.8. The SMILES string of the molecule is CCCCOc1ccc(C(=O)N2CCN(c3ccc(-n4ccc(C)n4)nn3)CC2)cc1. The second-order valence-corrected chi connectivity index (χ2v) is 7.66. The number of ether oxygens (including phenoxy) is 1. The smallest absolute Gasteiger partial charge is 0.253 e. The number of amides is 1. The number of piperazine rings is 1. The van der Waals surface area contributed by atoms with Gasteiger partial charge < -0.3 is 14.5 Å². The van der Waals surface area contributed by atoms with Gasteiger partial charge in [0.1, 0.15) is 5.75 Å². The summed E-state index contributed by atoms with van der Waals surface area (Å²) in [5.41, 5.74) is 1.63. The van der Waals surface area contributed by atoms with Gasteiger partial charge in [-0.3, -0.25) is 4.79 Å². The van der Waals surface area contributed by atoms with Gasteiger partial charge in [0.2, 0.25) is 0 Å². The Morgan fingerprint density at radius 3 is 2.29 bits per heavy atom. The Morgan fingerprint density at radius 1 is 0.968 bits per heavy atom. The van der Waals surface area contributed by atoms with Gasteiger partial charge in [-0.1, -0.05) is 13.3 Å². The summed E-state index contributed by atoms with van der Waals surface area (Å²) < 4.78 is 7.39. The molecule has 0 aliphatic carbocycles. The molecule has 0 unspecified atom stereocenters. The highest BCUT2D eigenvalue weighted by Gasteiger charge is 2.23. The number of benzene rings is 1. The number of carbonyl (C=O) groups is 1. The molecular weight excluding hydrogens is 392 g/mol. The molecule has 0 spiro atoms. The van der Waals surface area contributed by atoms with Crippen LogP contribution in [0.5, 0.6) is 5.75 Å². The van der Waals surface area contributed by atoms with Gasteiger partial charge in [-0.2, -0.15) is 5.10 Å². The van der Waals surface area contributed by atoms with E-state index in [0.717, 1.165) is 43.2 Å². The molecule has 3 heterocycles. The number of hydrogen-bond donors (Lipinski definition) is 0. The van der Waals surface area contributed by atoms with E-state index in [1.165, 1.54) is 0 Å². The van der Waals surface area contributed by atoms with E-state index in [1.54, 1.807) is 4.68 Å². The van der Waals surface area contributed by atoms with Crippen LogP contribution in [-0.4, -0.2) is 63.6 Å². The molecule has 2 aromatic heterocycles. The predicted octanol–water partition coefficient (Wildman–Crippen LogP) is 3.11. The van der Waals surface area contributed by atoms with Gasteiger partial charge in [-0.05, 0) is 55.8 Å². The molecule has 8 nitrogen and oxygen atoms in total. The monoisotopic (exact) mass is 420 g/mol. The fraction of sp³-hybridized carbons (Fsp3) is 0.391. The van der Waals surface area contributed by atoms with Crippen molar-refractivity contribution in [3.63, 3.8) is 0 Å². The Labute approximate surface area is 182 Å². The van der Waals surface area contributed by atoms with Crippen LogP contribution in [0.1, 0.15) is 35.8 Å². The molecule has 1 aliphatic heterocycles. The van der Waals surface area contributed by atoms with Gasteiger partial charge in [-0.15, -0.1) is 10.2 Å². The standard InChI is InChI=1S/C23H28N6O2/c1-3-4-17-31-20-7-5-19(6-8-20)23(30)28-15-13-27(14-16-28)21-9-10-22(25-24-21)29-12-11-18(2)26-29/h5-12H,3-4,13-17H2,1-2H3. The van der Waals surface area contributed by atoms with Gasteiger partial charge in [0, 0.05) is 37.9 Å². The molecule has 3 aromatic rings. The molecule has 1 fully saturated rings. The zero-order valence-corrected chi connectivity index (χ0v) is 18.1. The number of aryl methyl sites for hydroxylation is 1. The van der Waals surface area contributed by atoms with Crippen LogP contribution in [0, 0.1) is 6.92 Å². The maximum absolute atomic E-state index is 12.8. The molecule has 1 aromatic carbocycles. The molecule has 0 N–H and O–H groups in total. The molecule has 8 heteroatoms. The molecule has 1 aliphatic rings. The minimum absolute atomic E-state index is 0.0512. The van der Waals surface area contributed by atoms with Crippen molar-refractivity contribution in [1.29, 1.82) is 0 Å². The summed E-state index contributed by atoms with van der Waals surface area (Å²) in [6.45, 7) is 7.52. The average Bonchev–Trinajstić information content (AvgIpc) is 3.26. The normalized spacial score (nSPS) is 14.0. The van der Waals surface area contributed by atoms with E-state index >= 15 is 0 Å². The van der Waals surface area contributed by atoms with E-state index in [9.17, 15) is 4.79 Å². The van der Waals surface area contributed by atoms with Gasteiger partial charge in [0.15, 0.2) is 11.6 Å². The van der Waals surface area contributed by atoms with Crippen LogP contribution in [0.4, 0.5) is 5.82 Å². The summed E-state index contributed by atoms with van der Waals surface area (Å²) in [6, 6.07) is 13.2. The Kier molecular flexibility index (Phi) is 6.45. The Hall–Kier alpha value is -3.42. The van der Waals surface area contributed by atoms with E-state index in [2.05, 4.69) is 27.1 Å². The molecule has 4 rings (SSSR count). The number of aromatic nitrogens is 4. The lowest BCUT2D eigenvalue weighted by molar-refractivity contribution is 0.0746. The van der Waals surface area contributed by atoms with E-state index in [-0.39, 0.29) is 5.91 Å². The molecule has 1 saturated heterocycles. The van der Waals surface area contributed by atoms with Crippen molar-refractivity contribution < 1.29 is 9.53 Å². The predicted molar refractivity (Wildman–Crippen MR) is 119 cm³/mol. The third-order valence-electron chi connectivity index (χ3n) is 5.35. The van der Waals surface area contributed by atoms with Gasteiger partial charge in [0.25, 0.3) is 5.91 Å². The summed E-state index contributed by atoms with van der Waals surface area (Å²) >= 11 is 0. The number of rotatable bonds is 7. The number of hydrogen-bond acceptors (Lipinski definition) is 6. The van der Waals surface area contributed by atoms with Crippen LogP contribution in [-0.2, 0) is 0 Å². The molecule has 0 bridgehead atoms. The zero-order valence-electron chi connectivity index (χ0n) is 18.1. The van der Waals surface area contributed by atoms with Crippen LogP contribution in [0.3, 0.4) is 0 Å². The molecule has 0 radical (unpaired) electrons. The molecule has 0 saturated carbocycles. The minimum Gasteiger partial charge on any atom is -0.494 e. The van der Waals surface area contributed by atoms with Gasteiger partial charge in [0.05, 0.1) is 12.3 Å². The van der Waals surface area contributed by atoms with Crippen molar-refractivity contribution in [2.45, 2.75) is 26.7 Å². The largest absolute Gasteiger partial charge is 0.494 e. The minimum atomic E-state index is 0.0512. The molecular formula is C23H28N6O2. The summed E-state index contributed by atoms with van der Waals surface area (Å²) in [7, 11) is 0. The number of anilines is 1. The first kappa shape index (κ1) is 20.8. The highest BCUT2D eigenvalue weighted by molar-refractivity contribution is 5.94. The zero-order chi connectivity index (χ0) is 21.6. The van der Waals surface area contributed by atoms with E-state index < -0.39 is 0 Å². The van der Waals surface area contributed by atoms with Crippen molar-refractivity contribution >= 4 is 11.7 Å². The molecule has 162 valence electrons. The summed E-state index contributed by atoms with van der Waals surface area (Å²) in [5.74, 6) is 2.36. The van der Waals surface area contributed by atoms with E-state index in [0.29, 0.717) is 31.1 Å². The average molecular weight is 421 g/mol. The first-order valence-corrected chi connectivity index (χ1v) is 10.8. The van der Waals surface area contributed by atoms with E-state index in [4.69, 9.17) is 4.74 Å². The van der Waals surface area contributed by atoms with E-state index in [1.807, 2.05) is 60.5 Å². The maximum Gasteiger partial charge on any atom is 0.253 e. The first-order chi connectivity index (χ1) is 15.1. The second kappa shape index (κ2) is 9.59. The highest BCUT2D eigenvalue weighted by atomic mass is 16.5. The molecule has 0 atom stereocenters. The Balaban J connectivity index is 1.31. The topological polar surface area (TPSA) is 76.4 Å². The van der Waals surface area contributed by atoms with Crippen LogP contribution in [0.2, 0.25) is 0 Å². The quantitative estimate of drug-likeness (QED) is 0.547. The highest BCUT2D eigenvalue weighted by Crippen LogP contribution is 2.18. The Morgan fingerprint density at radius 2 is 1.68 bits per heavy atom. The number of nitrogens with zero attached hydrogens (tertiary/aromatic N) is 6. The van der Waals surface area contributed by atoms with Crippen molar-refractivity contribution in [3.05, 3.63) is 59.9 Å². The first-order valence-electron chi connectivity index (χ1n) is 10.8. The summed E-state index contributed by atoms with van der Waals surface area (Å²) in [6.07, 6.45) is 4.00. The molecule has 31 heavy (non-hydrogen) atoms. The van der Waals surface area contributed by atoms with Crippen molar-refractivity contribution in [3.8, 4) is 11.6 Å². The van der Waals surface area contributed by atoms with Gasteiger partial charge >= 0.3 is 0 Å². The fourth-order valence-electron chi connectivity index (χ4n) is 3.50. The number of unbranched alkanes of at least 4 members (excludes halogenated alkanes) is 1. The summed E-state index contributed by atoms with van der Waals surface area (Å²) in [4.78, 5) is 16.9. The van der Waals surface area contributed by atoms with Crippen molar-refractivity contribution in [2.24, 2.45) is 0 Å². The third-order valence-corrected chi connectivity index (χ3v) is 5.35. The lowest BCUT2D eigenvalue weighted by Crippen LogP contribution is -2.49. The lowest BCUT2D eigenvalue weighted by Gasteiger charge is -2.35. The van der Waals surface area contributed by atoms with Crippen molar-refractivity contribution in [2.75, 3.05) is 37.7 Å². The Bertz CT molecular complexity index is 992. The third kappa shape index (κ3) is 5.02. The lowest BCUT2D eigenvalue weighted by atomic mass is 10.1.